The molecule has 7 aromatic carbocycles. The summed E-state index contributed by atoms with van der Waals surface area (Å²) in [7, 11) is 0. The fourth-order valence-corrected chi connectivity index (χ4v) is 7.38. The molecular formula is C43H30BrNO. The first-order valence-corrected chi connectivity index (χ1v) is 16.2. The van der Waals surface area contributed by atoms with Gasteiger partial charge in [0.2, 0.25) is 0 Å². The molecule has 0 heterocycles. The van der Waals surface area contributed by atoms with Crippen LogP contribution in [-0.2, 0) is 5.60 Å². The summed E-state index contributed by atoms with van der Waals surface area (Å²) in [5.74, 6) is 0. The van der Waals surface area contributed by atoms with E-state index in [0.29, 0.717) is 0 Å². The van der Waals surface area contributed by atoms with Crippen molar-refractivity contribution in [3.63, 3.8) is 0 Å². The minimum absolute atomic E-state index is 0.823. The average molecular weight is 657 g/mol. The molecule has 46 heavy (non-hydrogen) atoms. The van der Waals surface area contributed by atoms with E-state index < -0.39 is 5.60 Å². The SMILES string of the molecule is OC1(c2ccccc2Br)c2ccccc2-c2c(N(c3ccc(-c4ccccc4)cc3)c3ccc(-c4ccccc4)cc3)cccc21. The van der Waals surface area contributed by atoms with Gasteiger partial charge in [0.15, 0.2) is 0 Å². The summed E-state index contributed by atoms with van der Waals surface area (Å²) >= 11 is 3.75. The monoisotopic (exact) mass is 655 g/mol. The normalized spacial score (nSPS) is 14.8. The molecule has 3 heteroatoms. The minimum atomic E-state index is -1.32. The standard InChI is InChI=1S/C43H30BrNO/c44-40-20-10-9-18-38(40)43(46)37-17-8-7-16-36(37)42-39(43)19-11-21-41(42)45(34-26-22-32(23-27-34)30-12-3-1-4-13-30)35-28-24-33(25-29-35)31-14-5-2-6-15-31/h1-29,46H. The highest BCUT2D eigenvalue weighted by Gasteiger charge is 2.45. The van der Waals surface area contributed by atoms with Crippen LogP contribution in [-0.4, -0.2) is 5.11 Å². The van der Waals surface area contributed by atoms with Gasteiger partial charge in [-0.15, -0.1) is 0 Å². The first-order chi connectivity index (χ1) is 22.6. The van der Waals surface area contributed by atoms with Crippen molar-refractivity contribution in [1.82, 2.24) is 0 Å². The van der Waals surface area contributed by atoms with Crippen LogP contribution < -0.4 is 4.90 Å². The summed E-state index contributed by atoms with van der Waals surface area (Å²) in [5.41, 5.74) is 11.1. The van der Waals surface area contributed by atoms with Crippen molar-refractivity contribution in [2.45, 2.75) is 5.60 Å². The molecule has 0 bridgehead atoms. The highest BCUT2D eigenvalue weighted by Crippen LogP contribution is 2.56. The van der Waals surface area contributed by atoms with Crippen molar-refractivity contribution in [1.29, 1.82) is 0 Å². The Hall–Kier alpha value is -5.22. The first-order valence-electron chi connectivity index (χ1n) is 15.4. The third-order valence-electron chi connectivity index (χ3n) is 8.99. The molecule has 0 fully saturated rings. The molecule has 1 N–H and O–H groups in total. The second-order valence-corrected chi connectivity index (χ2v) is 12.5. The second-order valence-electron chi connectivity index (χ2n) is 11.6. The van der Waals surface area contributed by atoms with Gasteiger partial charge in [-0.2, -0.15) is 0 Å². The van der Waals surface area contributed by atoms with Gasteiger partial charge in [0.1, 0.15) is 5.60 Å². The Morgan fingerprint density at radius 2 is 0.870 bits per heavy atom. The lowest BCUT2D eigenvalue weighted by molar-refractivity contribution is 0.130. The van der Waals surface area contributed by atoms with Gasteiger partial charge in [-0.25, -0.2) is 0 Å². The molecule has 0 radical (unpaired) electrons. The van der Waals surface area contributed by atoms with E-state index in [1.807, 2.05) is 48.5 Å². The Labute approximate surface area is 278 Å². The number of hydrogen-bond acceptors (Lipinski definition) is 2. The van der Waals surface area contributed by atoms with E-state index >= 15 is 0 Å². The smallest absolute Gasteiger partial charge is 0.142 e. The van der Waals surface area contributed by atoms with Crippen LogP contribution in [0.25, 0.3) is 33.4 Å². The molecule has 220 valence electrons. The predicted octanol–water partition coefficient (Wildman–Crippen LogP) is 11.5. The number of halogens is 1. The van der Waals surface area contributed by atoms with Gasteiger partial charge < -0.3 is 10.0 Å². The van der Waals surface area contributed by atoms with Crippen molar-refractivity contribution in [2.24, 2.45) is 0 Å². The van der Waals surface area contributed by atoms with E-state index in [-0.39, 0.29) is 0 Å². The zero-order valence-corrected chi connectivity index (χ0v) is 26.6. The fourth-order valence-electron chi connectivity index (χ4n) is 6.81. The molecule has 0 saturated heterocycles. The Bertz CT molecular complexity index is 2080. The summed E-state index contributed by atoms with van der Waals surface area (Å²) in [6.45, 7) is 0. The third kappa shape index (κ3) is 4.68. The quantitative estimate of drug-likeness (QED) is 0.193. The van der Waals surface area contributed by atoms with Gasteiger partial charge >= 0.3 is 0 Å². The maximum Gasteiger partial charge on any atom is 0.142 e. The maximum absolute atomic E-state index is 12.8. The summed E-state index contributed by atoms with van der Waals surface area (Å²) in [6.07, 6.45) is 0. The number of aliphatic hydroxyl groups is 1. The fraction of sp³-hybridized carbons (Fsp3) is 0.0233. The van der Waals surface area contributed by atoms with Gasteiger partial charge in [0, 0.05) is 38.1 Å². The summed E-state index contributed by atoms with van der Waals surface area (Å²) in [4.78, 5) is 2.31. The Balaban J connectivity index is 1.34. The van der Waals surface area contributed by atoms with Crippen LogP contribution in [0.1, 0.15) is 16.7 Å². The molecule has 0 aliphatic heterocycles. The van der Waals surface area contributed by atoms with Crippen molar-refractivity contribution >= 4 is 33.0 Å². The molecule has 0 aromatic heterocycles. The van der Waals surface area contributed by atoms with Crippen LogP contribution in [0.3, 0.4) is 0 Å². The molecule has 7 aromatic rings. The average Bonchev–Trinajstić information content (AvgIpc) is 3.39. The highest BCUT2D eigenvalue weighted by atomic mass is 79.9. The van der Waals surface area contributed by atoms with Gasteiger partial charge in [-0.1, -0.05) is 155 Å². The van der Waals surface area contributed by atoms with Gasteiger partial charge in [-0.05, 0) is 64.2 Å². The molecule has 0 spiro atoms. The maximum atomic E-state index is 12.8. The zero-order valence-electron chi connectivity index (χ0n) is 25.0. The minimum Gasteiger partial charge on any atom is -0.376 e. The van der Waals surface area contributed by atoms with Crippen molar-refractivity contribution in [3.05, 3.63) is 197 Å². The van der Waals surface area contributed by atoms with Crippen LogP contribution in [0.2, 0.25) is 0 Å². The summed E-state index contributed by atoms with van der Waals surface area (Å²) in [6, 6.07) is 60.9. The lowest BCUT2D eigenvalue weighted by Crippen LogP contribution is -2.26. The number of nitrogens with zero attached hydrogens (tertiary/aromatic N) is 1. The number of anilines is 3. The predicted molar refractivity (Wildman–Crippen MR) is 194 cm³/mol. The topological polar surface area (TPSA) is 23.5 Å². The number of rotatable bonds is 6. The van der Waals surface area contributed by atoms with E-state index in [2.05, 4.69) is 148 Å². The van der Waals surface area contributed by atoms with Crippen LogP contribution >= 0.6 is 15.9 Å². The van der Waals surface area contributed by atoms with Crippen molar-refractivity contribution in [2.75, 3.05) is 4.90 Å². The third-order valence-corrected chi connectivity index (χ3v) is 9.68. The molecule has 0 saturated carbocycles. The summed E-state index contributed by atoms with van der Waals surface area (Å²) in [5, 5.41) is 12.8. The molecular weight excluding hydrogens is 626 g/mol. The van der Waals surface area contributed by atoms with Crippen LogP contribution in [0.15, 0.2) is 180 Å². The lowest BCUT2D eigenvalue weighted by Gasteiger charge is -2.30. The Morgan fingerprint density at radius 3 is 1.43 bits per heavy atom. The molecule has 8 rings (SSSR count). The molecule has 1 aliphatic carbocycles. The van der Waals surface area contributed by atoms with Gasteiger partial charge in [-0.3, -0.25) is 0 Å². The zero-order chi connectivity index (χ0) is 31.1. The Kier molecular flexibility index (Phi) is 7.14. The summed E-state index contributed by atoms with van der Waals surface area (Å²) < 4.78 is 0.871. The van der Waals surface area contributed by atoms with Gasteiger partial charge in [0.25, 0.3) is 0 Å². The number of hydrogen-bond donors (Lipinski definition) is 1. The van der Waals surface area contributed by atoms with E-state index in [1.54, 1.807) is 0 Å². The molecule has 1 aliphatic rings. The number of fused-ring (bicyclic) bond motifs is 3. The molecule has 0 amide bonds. The van der Waals surface area contributed by atoms with E-state index in [1.165, 1.54) is 11.1 Å². The van der Waals surface area contributed by atoms with Crippen LogP contribution in [0.4, 0.5) is 17.1 Å². The van der Waals surface area contributed by atoms with Crippen LogP contribution in [0, 0.1) is 0 Å². The van der Waals surface area contributed by atoms with Gasteiger partial charge in [0.05, 0.1) is 5.69 Å². The molecule has 2 nitrogen and oxygen atoms in total. The van der Waals surface area contributed by atoms with Crippen LogP contribution in [0.5, 0.6) is 0 Å². The lowest BCUT2D eigenvalue weighted by atomic mass is 9.84. The van der Waals surface area contributed by atoms with E-state index in [9.17, 15) is 5.11 Å². The first kappa shape index (κ1) is 28.3. The van der Waals surface area contributed by atoms with E-state index in [0.717, 1.165) is 60.5 Å². The number of benzene rings is 7. The largest absolute Gasteiger partial charge is 0.376 e. The van der Waals surface area contributed by atoms with Crippen molar-refractivity contribution in [3.8, 4) is 33.4 Å². The van der Waals surface area contributed by atoms with Crippen molar-refractivity contribution < 1.29 is 5.11 Å². The molecule has 1 unspecified atom stereocenters. The molecule has 1 atom stereocenters. The van der Waals surface area contributed by atoms with E-state index in [4.69, 9.17) is 0 Å². The Morgan fingerprint density at radius 1 is 0.413 bits per heavy atom. The second kappa shape index (κ2) is 11.6. The highest BCUT2D eigenvalue weighted by molar-refractivity contribution is 9.10.